The molecule has 1 nitrogen and oxygen atoms in total. The number of nitrogens with zero attached hydrogens (tertiary/aromatic N) is 1. The fourth-order valence-electron chi connectivity index (χ4n) is 9.91. The molecule has 10 aromatic carbocycles. The maximum Gasteiger partial charge on any atom is 0.0713 e. The number of anilines is 3. The van der Waals surface area contributed by atoms with Gasteiger partial charge in [0.15, 0.2) is 0 Å². The van der Waals surface area contributed by atoms with Crippen molar-refractivity contribution in [3.05, 3.63) is 247 Å². The summed E-state index contributed by atoms with van der Waals surface area (Å²) in [6.45, 7) is 0. The van der Waals surface area contributed by atoms with E-state index in [1.165, 1.54) is 86.2 Å². The summed E-state index contributed by atoms with van der Waals surface area (Å²) >= 11 is 1.90. The van der Waals surface area contributed by atoms with Gasteiger partial charge in [0.1, 0.15) is 0 Å². The van der Waals surface area contributed by atoms with Gasteiger partial charge in [-0.25, -0.2) is 0 Å². The highest BCUT2D eigenvalue weighted by atomic mass is 32.1. The third kappa shape index (κ3) is 5.17. The van der Waals surface area contributed by atoms with Gasteiger partial charge in [0.2, 0.25) is 0 Å². The third-order valence-electron chi connectivity index (χ3n) is 12.5. The molecule has 0 amide bonds. The van der Waals surface area contributed by atoms with Crippen molar-refractivity contribution in [1.29, 1.82) is 0 Å². The molecule has 0 N–H and O–H groups in total. The van der Waals surface area contributed by atoms with Crippen LogP contribution in [0.15, 0.2) is 224 Å². The molecule has 1 aliphatic rings. The molecular weight excluding hydrogens is 731 g/mol. The minimum atomic E-state index is -0.447. The van der Waals surface area contributed by atoms with E-state index in [1.54, 1.807) is 0 Å². The Labute approximate surface area is 347 Å². The van der Waals surface area contributed by atoms with Crippen molar-refractivity contribution in [3.8, 4) is 22.3 Å². The Hall–Kier alpha value is -7.26. The highest BCUT2D eigenvalue weighted by molar-refractivity contribution is 7.26. The van der Waals surface area contributed by atoms with Crippen LogP contribution in [0.25, 0.3) is 64.0 Å². The molecule has 0 unspecified atom stereocenters. The van der Waals surface area contributed by atoms with Crippen LogP contribution < -0.4 is 4.90 Å². The van der Waals surface area contributed by atoms with Crippen LogP contribution >= 0.6 is 11.3 Å². The van der Waals surface area contributed by atoms with Gasteiger partial charge in [-0.2, -0.15) is 0 Å². The van der Waals surface area contributed by atoms with Gasteiger partial charge in [0.25, 0.3) is 0 Å². The predicted octanol–water partition coefficient (Wildman–Crippen LogP) is 15.9. The van der Waals surface area contributed by atoms with Gasteiger partial charge in [-0.1, -0.05) is 182 Å². The van der Waals surface area contributed by atoms with Crippen LogP contribution in [-0.2, 0) is 5.41 Å². The maximum atomic E-state index is 2.41. The molecule has 0 fully saturated rings. The zero-order valence-electron chi connectivity index (χ0n) is 32.2. The molecule has 0 atom stereocenters. The standard InChI is InChI=1S/C57H37NS/c1-3-13-38(14-4-1)39-25-30-44(31-26-39)58(46-34-36-47-41(37-46)24-23-40-27-35-51-50-19-9-12-22-54(50)59-56(51)55(40)47)45-32-28-43(29-33-45)57(42-15-5-2-6-16-42)52-20-10-7-17-48(52)49-18-8-11-21-53(49)57/h1-37H. The molecule has 1 aliphatic carbocycles. The third-order valence-corrected chi connectivity index (χ3v) is 13.7. The molecule has 276 valence electrons. The van der Waals surface area contributed by atoms with Gasteiger partial charge in [0.05, 0.1) is 5.41 Å². The fraction of sp³-hybridized carbons (Fsp3) is 0.0175. The van der Waals surface area contributed by atoms with Crippen molar-refractivity contribution < 1.29 is 0 Å². The molecule has 0 bridgehead atoms. The molecular formula is C57H37NS. The quantitative estimate of drug-likeness (QED) is 0.152. The van der Waals surface area contributed by atoms with E-state index >= 15 is 0 Å². The summed E-state index contributed by atoms with van der Waals surface area (Å²) in [6.07, 6.45) is 0. The molecule has 2 heteroatoms. The molecule has 0 saturated heterocycles. The number of benzene rings is 10. The summed E-state index contributed by atoms with van der Waals surface area (Å²) in [6, 6.07) is 82.9. The molecule has 1 heterocycles. The monoisotopic (exact) mass is 767 g/mol. The van der Waals surface area contributed by atoms with Crippen LogP contribution in [0.4, 0.5) is 17.1 Å². The molecule has 12 rings (SSSR count). The maximum absolute atomic E-state index is 2.41. The van der Waals surface area contributed by atoms with Crippen LogP contribution in [-0.4, -0.2) is 0 Å². The summed E-state index contributed by atoms with van der Waals surface area (Å²) in [5.74, 6) is 0. The van der Waals surface area contributed by atoms with Crippen molar-refractivity contribution in [3.63, 3.8) is 0 Å². The Morgan fingerprint density at radius 3 is 1.61 bits per heavy atom. The number of thiophene rings is 1. The van der Waals surface area contributed by atoms with Crippen molar-refractivity contribution in [1.82, 2.24) is 0 Å². The average Bonchev–Trinajstić information content (AvgIpc) is 3.84. The first-order chi connectivity index (χ1) is 29.3. The van der Waals surface area contributed by atoms with Gasteiger partial charge < -0.3 is 4.90 Å². The van der Waals surface area contributed by atoms with Gasteiger partial charge in [-0.15, -0.1) is 11.3 Å². The normalized spacial score (nSPS) is 12.9. The van der Waals surface area contributed by atoms with E-state index in [1.807, 2.05) is 11.3 Å². The second-order valence-corrected chi connectivity index (χ2v) is 16.7. The van der Waals surface area contributed by atoms with Gasteiger partial charge >= 0.3 is 0 Å². The lowest BCUT2D eigenvalue weighted by molar-refractivity contribution is 0.768. The second-order valence-electron chi connectivity index (χ2n) is 15.6. The van der Waals surface area contributed by atoms with Crippen molar-refractivity contribution in [2.24, 2.45) is 0 Å². The van der Waals surface area contributed by atoms with Crippen LogP contribution in [0.5, 0.6) is 0 Å². The Morgan fingerprint density at radius 2 is 0.881 bits per heavy atom. The van der Waals surface area contributed by atoms with E-state index in [2.05, 4.69) is 229 Å². The number of rotatable bonds is 6. The number of fused-ring (bicyclic) bond motifs is 10. The SMILES string of the molecule is c1ccc(-c2ccc(N(c3ccc(C4(c5ccccc5)c5ccccc5-c5ccccc54)cc3)c3ccc4c(ccc5ccc6c7ccccc7sc6c54)c3)cc2)cc1. The summed E-state index contributed by atoms with van der Waals surface area (Å²) in [5, 5.41) is 7.77. The lowest BCUT2D eigenvalue weighted by atomic mass is 9.68. The van der Waals surface area contributed by atoms with Crippen LogP contribution in [0.3, 0.4) is 0 Å². The average molecular weight is 768 g/mol. The Balaban J connectivity index is 1.04. The first kappa shape index (κ1) is 33.8. The second kappa shape index (κ2) is 13.4. The van der Waals surface area contributed by atoms with Crippen molar-refractivity contribution in [2.75, 3.05) is 4.90 Å². The summed E-state index contributed by atoms with van der Waals surface area (Å²) < 4.78 is 2.68. The zero-order chi connectivity index (χ0) is 38.9. The van der Waals surface area contributed by atoms with E-state index in [4.69, 9.17) is 0 Å². The summed E-state index contributed by atoms with van der Waals surface area (Å²) in [4.78, 5) is 2.41. The Kier molecular flexibility index (Phi) is 7.69. The van der Waals surface area contributed by atoms with Crippen LogP contribution in [0.2, 0.25) is 0 Å². The fourth-order valence-corrected chi connectivity index (χ4v) is 11.2. The molecule has 0 aliphatic heterocycles. The van der Waals surface area contributed by atoms with Crippen LogP contribution in [0.1, 0.15) is 22.3 Å². The molecule has 11 aromatic rings. The molecule has 0 radical (unpaired) electrons. The minimum Gasteiger partial charge on any atom is -0.310 e. The van der Waals surface area contributed by atoms with Crippen molar-refractivity contribution >= 4 is 70.1 Å². The molecule has 59 heavy (non-hydrogen) atoms. The predicted molar refractivity (Wildman–Crippen MR) is 252 cm³/mol. The van der Waals surface area contributed by atoms with E-state index in [0.717, 1.165) is 17.1 Å². The molecule has 0 saturated carbocycles. The van der Waals surface area contributed by atoms with E-state index < -0.39 is 5.41 Å². The van der Waals surface area contributed by atoms with Gasteiger partial charge in [0, 0.05) is 42.6 Å². The first-order valence-electron chi connectivity index (χ1n) is 20.3. The largest absolute Gasteiger partial charge is 0.310 e. The summed E-state index contributed by atoms with van der Waals surface area (Å²) in [7, 11) is 0. The summed E-state index contributed by atoms with van der Waals surface area (Å²) in [5.41, 5.74) is 13.1. The first-order valence-corrected chi connectivity index (χ1v) is 21.2. The zero-order valence-corrected chi connectivity index (χ0v) is 33.0. The van der Waals surface area contributed by atoms with Crippen molar-refractivity contribution in [2.45, 2.75) is 5.41 Å². The number of hydrogen-bond acceptors (Lipinski definition) is 2. The number of hydrogen-bond donors (Lipinski definition) is 0. The van der Waals surface area contributed by atoms with Gasteiger partial charge in [-0.3, -0.25) is 0 Å². The molecule has 1 aromatic heterocycles. The highest BCUT2D eigenvalue weighted by Gasteiger charge is 2.45. The topological polar surface area (TPSA) is 3.24 Å². The van der Waals surface area contributed by atoms with E-state index in [0.29, 0.717) is 0 Å². The highest BCUT2D eigenvalue weighted by Crippen LogP contribution is 2.56. The molecule has 0 spiro atoms. The van der Waals surface area contributed by atoms with Crippen LogP contribution in [0, 0.1) is 0 Å². The lowest BCUT2D eigenvalue weighted by Crippen LogP contribution is -2.28. The lowest BCUT2D eigenvalue weighted by Gasteiger charge is -2.34. The van der Waals surface area contributed by atoms with E-state index in [9.17, 15) is 0 Å². The Bertz CT molecular complexity index is 3320. The van der Waals surface area contributed by atoms with E-state index in [-0.39, 0.29) is 0 Å². The van der Waals surface area contributed by atoms with Gasteiger partial charge in [-0.05, 0) is 103 Å². The minimum absolute atomic E-state index is 0.447. The smallest absolute Gasteiger partial charge is 0.0713 e. The Morgan fingerprint density at radius 1 is 0.356 bits per heavy atom.